The highest BCUT2D eigenvalue weighted by Crippen LogP contribution is 2.50. The molecule has 0 aliphatic carbocycles. The smallest absolute Gasteiger partial charge is 0.0526 e. The number of hydrogen-bond acceptors (Lipinski definition) is 4. The molecule has 1 aliphatic rings. The highest BCUT2D eigenvalue weighted by molar-refractivity contribution is 7.81. The van der Waals surface area contributed by atoms with E-state index in [1.54, 1.807) is 0 Å². The van der Waals surface area contributed by atoms with Crippen molar-refractivity contribution in [2.75, 3.05) is 32.5 Å². The van der Waals surface area contributed by atoms with Crippen LogP contribution in [0.5, 0.6) is 0 Å². The average molecular weight is 311 g/mol. The zero-order valence-corrected chi connectivity index (χ0v) is 15.1. The van der Waals surface area contributed by atoms with E-state index in [0.29, 0.717) is 5.92 Å². The topological polar surface area (TPSA) is 15.3 Å². The summed E-state index contributed by atoms with van der Waals surface area (Å²) in [5.41, 5.74) is 5.23. The van der Waals surface area contributed by atoms with Gasteiger partial charge in [-0.15, -0.1) is 25.3 Å². The van der Waals surface area contributed by atoms with E-state index in [9.17, 15) is 0 Å². The van der Waals surface area contributed by atoms with Gasteiger partial charge in [0.25, 0.3) is 0 Å². The van der Waals surface area contributed by atoms with Crippen LogP contribution >= 0.6 is 25.3 Å². The minimum Gasteiger partial charge on any atom is -0.383 e. The lowest BCUT2D eigenvalue weighted by atomic mass is 9.75. The third-order valence-corrected chi connectivity index (χ3v) is 5.67. The van der Waals surface area contributed by atoms with Crippen molar-refractivity contribution in [2.45, 2.75) is 43.4 Å². The van der Waals surface area contributed by atoms with Crippen molar-refractivity contribution in [3.05, 3.63) is 16.7 Å². The molecule has 4 heteroatoms. The van der Waals surface area contributed by atoms with Gasteiger partial charge in [0.2, 0.25) is 0 Å². The Morgan fingerprint density at radius 2 is 1.70 bits per heavy atom. The number of anilines is 1. The van der Waals surface area contributed by atoms with Gasteiger partial charge in [-0.3, -0.25) is 0 Å². The van der Waals surface area contributed by atoms with Crippen LogP contribution in [0.3, 0.4) is 0 Å². The third kappa shape index (κ3) is 2.58. The first-order chi connectivity index (χ1) is 9.16. The Morgan fingerprint density at radius 3 is 2.25 bits per heavy atom. The fraction of sp³-hybridized carbons (Fsp3) is 0.625. The van der Waals surface area contributed by atoms with Crippen LogP contribution in [0.1, 0.15) is 36.5 Å². The van der Waals surface area contributed by atoms with Gasteiger partial charge >= 0.3 is 0 Å². The van der Waals surface area contributed by atoms with Crippen LogP contribution in [-0.2, 0) is 0 Å². The molecular weight excluding hydrogens is 284 g/mol. The Balaban J connectivity index is 2.53. The summed E-state index contributed by atoms with van der Waals surface area (Å²) < 4.78 is 0. The van der Waals surface area contributed by atoms with Crippen LogP contribution < -0.4 is 5.32 Å². The second kappa shape index (κ2) is 5.47. The summed E-state index contributed by atoms with van der Waals surface area (Å²) in [5, 5.41) is 3.56. The van der Waals surface area contributed by atoms with Gasteiger partial charge in [0.1, 0.15) is 0 Å². The molecule has 2 rings (SSSR count). The van der Waals surface area contributed by atoms with Gasteiger partial charge in [0.15, 0.2) is 0 Å². The van der Waals surface area contributed by atoms with Crippen LogP contribution in [-0.4, -0.2) is 32.1 Å². The van der Waals surface area contributed by atoms with Crippen molar-refractivity contribution in [1.29, 1.82) is 0 Å². The van der Waals surface area contributed by atoms with Crippen molar-refractivity contribution in [3.8, 4) is 0 Å². The lowest BCUT2D eigenvalue weighted by Crippen LogP contribution is -2.35. The SMILES string of the molecule is Cc1c(C)c(S)c2c(c1S)NCC2C(C)(C)CN(C)C. The normalized spacial score (nSPS) is 18.4. The summed E-state index contributed by atoms with van der Waals surface area (Å²) in [6.07, 6.45) is 0. The minimum absolute atomic E-state index is 0.196. The fourth-order valence-corrected chi connectivity index (χ4v) is 4.21. The number of benzene rings is 1. The van der Waals surface area contributed by atoms with Crippen molar-refractivity contribution in [2.24, 2.45) is 5.41 Å². The summed E-state index contributed by atoms with van der Waals surface area (Å²) in [6.45, 7) is 11.0. The van der Waals surface area contributed by atoms with Crippen molar-refractivity contribution >= 4 is 30.9 Å². The molecule has 0 spiro atoms. The number of hydrogen-bond donors (Lipinski definition) is 3. The molecule has 1 aromatic rings. The lowest BCUT2D eigenvalue weighted by Gasteiger charge is -2.35. The fourth-order valence-electron chi connectivity index (χ4n) is 3.41. The highest BCUT2D eigenvalue weighted by Gasteiger charge is 2.38. The van der Waals surface area contributed by atoms with Crippen LogP contribution in [0.15, 0.2) is 9.79 Å². The summed E-state index contributed by atoms with van der Waals surface area (Å²) in [4.78, 5) is 4.48. The summed E-state index contributed by atoms with van der Waals surface area (Å²) in [6, 6.07) is 0. The summed E-state index contributed by atoms with van der Waals surface area (Å²) in [7, 11) is 4.27. The molecule has 0 fully saturated rings. The molecule has 0 amide bonds. The van der Waals surface area contributed by atoms with E-state index in [4.69, 9.17) is 25.3 Å². The predicted molar refractivity (Wildman–Crippen MR) is 94.0 cm³/mol. The van der Waals surface area contributed by atoms with Gasteiger partial charge < -0.3 is 10.2 Å². The van der Waals surface area contributed by atoms with Gasteiger partial charge in [0, 0.05) is 28.8 Å². The second-order valence-corrected chi connectivity index (χ2v) is 7.79. The van der Waals surface area contributed by atoms with Gasteiger partial charge in [-0.05, 0) is 50.0 Å². The molecule has 1 unspecified atom stereocenters. The molecule has 1 heterocycles. The van der Waals surface area contributed by atoms with E-state index in [0.717, 1.165) is 22.9 Å². The first-order valence-electron chi connectivity index (χ1n) is 7.10. The minimum atomic E-state index is 0.196. The number of fused-ring (bicyclic) bond motifs is 1. The zero-order chi connectivity index (χ0) is 15.2. The molecule has 2 nitrogen and oxygen atoms in total. The number of nitrogens with zero attached hydrogens (tertiary/aromatic N) is 1. The molecule has 0 saturated carbocycles. The van der Waals surface area contributed by atoms with Crippen LogP contribution in [0.4, 0.5) is 5.69 Å². The van der Waals surface area contributed by atoms with Crippen LogP contribution in [0, 0.1) is 19.3 Å². The van der Waals surface area contributed by atoms with E-state index in [2.05, 4.69) is 52.0 Å². The highest BCUT2D eigenvalue weighted by atomic mass is 32.1. The second-order valence-electron chi connectivity index (χ2n) is 6.90. The maximum atomic E-state index is 4.81. The third-order valence-electron chi connectivity index (χ3n) is 4.53. The molecule has 0 bridgehead atoms. The van der Waals surface area contributed by atoms with Crippen molar-refractivity contribution in [3.63, 3.8) is 0 Å². The molecule has 1 atom stereocenters. The molecule has 20 heavy (non-hydrogen) atoms. The molecule has 0 radical (unpaired) electrons. The van der Waals surface area contributed by atoms with Crippen LogP contribution in [0.2, 0.25) is 0 Å². The predicted octanol–water partition coefficient (Wildman–Crippen LogP) is 3.98. The molecule has 1 aromatic carbocycles. The Kier molecular flexibility index (Phi) is 4.39. The van der Waals surface area contributed by atoms with E-state index >= 15 is 0 Å². The molecular formula is C16H26N2S2. The number of thiol groups is 2. The largest absolute Gasteiger partial charge is 0.383 e. The van der Waals surface area contributed by atoms with Gasteiger partial charge in [-0.2, -0.15) is 0 Å². The molecule has 0 saturated heterocycles. The zero-order valence-electron chi connectivity index (χ0n) is 13.3. The Morgan fingerprint density at radius 1 is 1.15 bits per heavy atom. The monoisotopic (exact) mass is 310 g/mol. The van der Waals surface area contributed by atoms with Gasteiger partial charge in [-0.25, -0.2) is 0 Å². The Bertz CT molecular complexity index is 536. The standard InChI is InChI=1S/C16H26N2S2/c1-9-10(2)15(20)13-12(14(9)19)11(7-17-13)16(3,4)8-18(5)6/h11,17,19-20H,7-8H2,1-6H3. The first kappa shape index (κ1) is 16.1. The van der Waals surface area contributed by atoms with Crippen molar-refractivity contribution < 1.29 is 0 Å². The maximum absolute atomic E-state index is 4.81. The van der Waals surface area contributed by atoms with E-state index in [1.165, 1.54) is 22.4 Å². The molecule has 1 aliphatic heterocycles. The van der Waals surface area contributed by atoms with E-state index < -0.39 is 0 Å². The molecule has 0 aromatic heterocycles. The maximum Gasteiger partial charge on any atom is 0.0526 e. The number of rotatable bonds is 3. The average Bonchev–Trinajstić information content (AvgIpc) is 2.77. The van der Waals surface area contributed by atoms with E-state index in [-0.39, 0.29) is 5.41 Å². The molecule has 112 valence electrons. The lowest BCUT2D eigenvalue weighted by molar-refractivity contribution is 0.205. The quantitative estimate of drug-likeness (QED) is 0.732. The van der Waals surface area contributed by atoms with Crippen LogP contribution in [0.25, 0.3) is 0 Å². The van der Waals surface area contributed by atoms with Gasteiger partial charge in [-0.1, -0.05) is 13.8 Å². The Labute approximate surface area is 134 Å². The van der Waals surface area contributed by atoms with Gasteiger partial charge in [0.05, 0.1) is 5.69 Å². The van der Waals surface area contributed by atoms with Crippen molar-refractivity contribution in [1.82, 2.24) is 4.90 Å². The number of nitrogens with one attached hydrogen (secondary N) is 1. The summed E-state index contributed by atoms with van der Waals surface area (Å²) >= 11 is 9.53. The first-order valence-corrected chi connectivity index (χ1v) is 8.00. The summed E-state index contributed by atoms with van der Waals surface area (Å²) in [5.74, 6) is 0.470. The molecule has 1 N–H and O–H groups in total. The Hall–Kier alpha value is -0.320. The van der Waals surface area contributed by atoms with E-state index in [1.807, 2.05) is 0 Å².